The van der Waals surface area contributed by atoms with E-state index in [1.54, 1.807) is 18.2 Å². The lowest BCUT2D eigenvalue weighted by Crippen LogP contribution is -2.63. The van der Waals surface area contributed by atoms with Crippen molar-refractivity contribution in [2.75, 3.05) is 6.61 Å². The number of ketones is 1. The molecule has 1 aliphatic rings. The third-order valence-corrected chi connectivity index (χ3v) is 5.82. The van der Waals surface area contributed by atoms with Gasteiger partial charge in [-0.25, -0.2) is 4.79 Å². The third-order valence-electron chi connectivity index (χ3n) is 5.82. The average Bonchev–Trinajstić information content (AvgIpc) is 2.90. The van der Waals surface area contributed by atoms with E-state index in [2.05, 4.69) is 0 Å². The third kappa shape index (κ3) is 8.75. The zero-order valence-electron chi connectivity index (χ0n) is 23.9. The summed E-state index contributed by atoms with van der Waals surface area (Å²) in [6.07, 6.45) is -7.64. The van der Waals surface area contributed by atoms with Crippen LogP contribution in [0.5, 0.6) is 17.2 Å². The first-order valence-electron chi connectivity index (χ1n) is 12.9. The Labute approximate surface area is 245 Å². The Morgan fingerprint density at radius 3 is 1.91 bits per heavy atom. The Bertz CT molecular complexity index is 1390. The van der Waals surface area contributed by atoms with Crippen molar-refractivity contribution in [2.24, 2.45) is 0 Å². The highest BCUT2D eigenvalue weighted by molar-refractivity contribution is 6.00. The molecular formula is C29H30O14. The molecule has 1 N–H and O–H groups in total. The molecule has 5 atom stereocenters. The van der Waals surface area contributed by atoms with Gasteiger partial charge >= 0.3 is 29.8 Å². The van der Waals surface area contributed by atoms with E-state index in [-0.39, 0.29) is 22.6 Å². The van der Waals surface area contributed by atoms with E-state index in [0.717, 1.165) is 46.8 Å². The molecule has 14 nitrogen and oxygen atoms in total. The number of aromatic hydroxyl groups is 1. The number of hydrogen-bond donors (Lipinski definition) is 1. The number of phenols is 1. The number of ether oxygens (including phenoxy) is 7. The highest BCUT2D eigenvalue weighted by Crippen LogP contribution is 2.37. The number of carbonyl (C=O) groups is 6. The van der Waals surface area contributed by atoms with Crippen LogP contribution in [0.3, 0.4) is 0 Å². The lowest BCUT2D eigenvalue weighted by molar-refractivity contribution is -0.288. The first-order valence-corrected chi connectivity index (χ1v) is 12.9. The fourth-order valence-electron chi connectivity index (χ4n) is 4.23. The lowest BCUT2D eigenvalue weighted by atomic mass is 9.98. The maximum atomic E-state index is 12.6. The van der Waals surface area contributed by atoms with Gasteiger partial charge in [-0.3, -0.25) is 24.0 Å². The Hall–Kier alpha value is -4.98. The van der Waals surface area contributed by atoms with Crippen molar-refractivity contribution in [1.82, 2.24) is 0 Å². The van der Waals surface area contributed by atoms with Gasteiger partial charge in [-0.05, 0) is 19.1 Å². The maximum Gasteiger partial charge on any atom is 0.343 e. The van der Waals surface area contributed by atoms with E-state index in [1.807, 2.05) is 0 Å². The summed E-state index contributed by atoms with van der Waals surface area (Å²) in [5.41, 5.74) is -0.160. The van der Waals surface area contributed by atoms with Crippen molar-refractivity contribution >= 4 is 35.6 Å². The number of carbonyl (C=O) groups excluding carboxylic acids is 6. The molecule has 1 fully saturated rings. The molecule has 1 heterocycles. The van der Waals surface area contributed by atoms with Gasteiger partial charge in [0.1, 0.15) is 35.5 Å². The molecular weight excluding hydrogens is 572 g/mol. The van der Waals surface area contributed by atoms with Crippen LogP contribution in [0.1, 0.15) is 55.3 Å². The fraction of sp³-hybridized carbons (Fsp3) is 0.379. The van der Waals surface area contributed by atoms with Crippen molar-refractivity contribution in [3.8, 4) is 17.2 Å². The highest BCUT2D eigenvalue weighted by atomic mass is 16.7. The molecule has 1 aliphatic heterocycles. The predicted molar refractivity (Wildman–Crippen MR) is 142 cm³/mol. The number of esters is 5. The molecule has 0 aromatic heterocycles. The van der Waals surface area contributed by atoms with Crippen LogP contribution >= 0.6 is 0 Å². The summed E-state index contributed by atoms with van der Waals surface area (Å²) < 4.78 is 38.3. The van der Waals surface area contributed by atoms with E-state index in [9.17, 15) is 33.9 Å². The first-order chi connectivity index (χ1) is 20.3. The van der Waals surface area contributed by atoms with E-state index >= 15 is 0 Å². The Morgan fingerprint density at radius 1 is 0.767 bits per heavy atom. The zero-order chi connectivity index (χ0) is 31.8. The fourth-order valence-corrected chi connectivity index (χ4v) is 4.23. The maximum absolute atomic E-state index is 12.6. The molecule has 0 spiro atoms. The molecule has 2 aromatic carbocycles. The quantitative estimate of drug-likeness (QED) is 0.180. The molecule has 0 radical (unpaired) electrons. The van der Waals surface area contributed by atoms with Gasteiger partial charge in [0.05, 0.1) is 5.56 Å². The van der Waals surface area contributed by atoms with Crippen LogP contribution in [0, 0.1) is 0 Å². The topological polar surface area (TPSA) is 187 Å². The van der Waals surface area contributed by atoms with Crippen LogP contribution in [0.25, 0.3) is 0 Å². The van der Waals surface area contributed by atoms with Crippen LogP contribution in [-0.4, -0.2) is 78.0 Å². The highest BCUT2D eigenvalue weighted by Gasteiger charge is 2.53. The van der Waals surface area contributed by atoms with E-state index in [0.29, 0.717) is 0 Å². The number of hydrogen-bond acceptors (Lipinski definition) is 14. The summed E-state index contributed by atoms with van der Waals surface area (Å²) in [6, 6.07) is 10.1. The minimum Gasteiger partial charge on any atom is -0.507 e. The molecule has 43 heavy (non-hydrogen) atoms. The Morgan fingerprint density at radius 2 is 1.35 bits per heavy atom. The summed E-state index contributed by atoms with van der Waals surface area (Å²) in [5.74, 6) is -5.94. The number of rotatable bonds is 10. The number of benzene rings is 2. The molecule has 1 unspecified atom stereocenters. The van der Waals surface area contributed by atoms with Crippen molar-refractivity contribution in [2.45, 2.75) is 65.3 Å². The van der Waals surface area contributed by atoms with Crippen molar-refractivity contribution < 1.29 is 67.0 Å². The lowest BCUT2D eigenvalue weighted by Gasteiger charge is -2.44. The molecule has 0 amide bonds. The molecule has 2 aromatic rings. The second-order valence-electron chi connectivity index (χ2n) is 9.31. The van der Waals surface area contributed by atoms with Gasteiger partial charge < -0.3 is 38.3 Å². The summed E-state index contributed by atoms with van der Waals surface area (Å²) in [6.45, 7) is 4.90. The van der Waals surface area contributed by atoms with Crippen molar-refractivity contribution in [3.05, 3.63) is 53.6 Å². The van der Waals surface area contributed by atoms with Gasteiger partial charge in [0.25, 0.3) is 0 Å². The normalized spacial score (nSPS) is 21.1. The summed E-state index contributed by atoms with van der Waals surface area (Å²) >= 11 is 0. The Kier molecular flexibility index (Phi) is 10.8. The van der Waals surface area contributed by atoms with Crippen LogP contribution in [0.2, 0.25) is 0 Å². The monoisotopic (exact) mass is 602 g/mol. The van der Waals surface area contributed by atoms with Crippen LogP contribution in [-0.2, 0) is 42.9 Å². The van der Waals surface area contributed by atoms with Gasteiger partial charge in [-0.2, -0.15) is 0 Å². The van der Waals surface area contributed by atoms with Crippen LogP contribution in [0.15, 0.2) is 42.5 Å². The molecule has 1 saturated heterocycles. The summed E-state index contributed by atoms with van der Waals surface area (Å²) in [5, 5.41) is 10.7. The summed E-state index contributed by atoms with van der Waals surface area (Å²) in [7, 11) is 0. The van der Waals surface area contributed by atoms with Gasteiger partial charge in [0.15, 0.2) is 18.0 Å². The second kappa shape index (κ2) is 14.3. The minimum absolute atomic E-state index is 0.194. The second-order valence-corrected chi connectivity index (χ2v) is 9.31. The van der Waals surface area contributed by atoms with Crippen molar-refractivity contribution in [3.63, 3.8) is 0 Å². The largest absolute Gasteiger partial charge is 0.507 e. The van der Waals surface area contributed by atoms with Gasteiger partial charge in [-0.1, -0.05) is 18.2 Å². The first kappa shape index (κ1) is 32.5. The number of Topliss-reactive ketones (excluding diaryl/α,β-unsaturated/α-hetero) is 1. The molecule has 0 saturated carbocycles. The standard InChI is InChI=1S/C29H30O14/c1-14(30)24-21(35)11-20(41-28(36)19-9-7-6-8-10-19)12-22(24)42-29-27(40-18(5)34)26(39-17(4)33)25(38-16(3)32)23(43-29)13-37-15(2)31/h6-12,23,25-27,29,35H,13H2,1-5H3/t23?,25-,26+,27-,29+/m1/s1. The SMILES string of the molecule is CC(=O)OCC1O[C@H](Oc2cc(OC(=O)c3ccccc3)cc(O)c2C(C)=O)[C@H](OC(C)=O)[C@@H](OC(C)=O)[C@@H]1OC(C)=O. The minimum atomic E-state index is -1.71. The van der Waals surface area contributed by atoms with Crippen molar-refractivity contribution in [1.29, 1.82) is 0 Å². The van der Waals surface area contributed by atoms with E-state index in [1.165, 1.54) is 12.1 Å². The predicted octanol–water partition coefficient (Wildman–Crippen LogP) is 2.28. The van der Waals surface area contributed by atoms with Crippen LogP contribution in [0.4, 0.5) is 0 Å². The molecule has 0 bridgehead atoms. The summed E-state index contributed by atoms with van der Waals surface area (Å²) in [4.78, 5) is 72.8. The van der Waals surface area contributed by atoms with Gasteiger partial charge in [-0.15, -0.1) is 0 Å². The zero-order valence-corrected chi connectivity index (χ0v) is 23.9. The molecule has 3 rings (SSSR count). The van der Waals surface area contributed by atoms with E-state index in [4.69, 9.17) is 33.2 Å². The van der Waals surface area contributed by atoms with Gasteiger partial charge in [0.2, 0.25) is 12.4 Å². The van der Waals surface area contributed by atoms with E-state index < -0.39 is 78.7 Å². The molecule has 14 heteroatoms. The van der Waals surface area contributed by atoms with Crippen LogP contribution < -0.4 is 9.47 Å². The molecule has 0 aliphatic carbocycles. The van der Waals surface area contributed by atoms with Gasteiger partial charge in [0, 0.05) is 39.8 Å². The smallest absolute Gasteiger partial charge is 0.343 e. The Balaban J connectivity index is 2.08. The molecule has 230 valence electrons. The average molecular weight is 603 g/mol. The number of phenolic OH excluding ortho intramolecular Hbond substituents is 1.